The third kappa shape index (κ3) is 3.45. The van der Waals surface area contributed by atoms with Crippen molar-refractivity contribution >= 4 is 16.5 Å². The SMILES string of the molecule is CCCCn1cccc(-c2nnc(NCCC)s2)c1=O. The molecule has 0 bridgehead atoms. The van der Waals surface area contributed by atoms with Gasteiger partial charge in [0.15, 0.2) is 5.01 Å². The molecule has 0 aliphatic rings. The maximum Gasteiger partial charge on any atom is 0.260 e. The number of hydrogen-bond acceptors (Lipinski definition) is 5. The van der Waals surface area contributed by atoms with Crippen LogP contribution in [0.4, 0.5) is 5.13 Å². The number of aryl methyl sites for hydroxylation is 1. The van der Waals surface area contributed by atoms with E-state index in [1.807, 2.05) is 18.3 Å². The maximum absolute atomic E-state index is 12.4. The van der Waals surface area contributed by atoms with Gasteiger partial charge in [-0.3, -0.25) is 4.79 Å². The third-order valence-electron chi connectivity index (χ3n) is 2.95. The third-order valence-corrected chi connectivity index (χ3v) is 3.87. The highest BCUT2D eigenvalue weighted by molar-refractivity contribution is 7.18. The van der Waals surface area contributed by atoms with Crippen molar-refractivity contribution in [1.82, 2.24) is 14.8 Å². The number of anilines is 1. The Morgan fingerprint density at radius 3 is 2.90 bits per heavy atom. The molecular formula is C14H20N4OS. The van der Waals surface area contributed by atoms with Crippen LogP contribution in [0.25, 0.3) is 10.6 Å². The summed E-state index contributed by atoms with van der Waals surface area (Å²) in [6, 6.07) is 3.71. The average molecular weight is 292 g/mol. The number of aromatic nitrogens is 3. The molecule has 0 spiro atoms. The lowest BCUT2D eigenvalue weighted by molar-refractivity contribution is 0.614. The first-order valence-electron chi connectivity index (χ1n) is 7.03. The van der Waals surface area contributed by atoms with Crippen molar-refractivity contribution in [1.29, 1.82) is 0 Å². The molecule has 0 amide bonds. The van der Waals surface area contributed by atoms with Crippen molar-refractivity contribution in [2.24, 2.45) is 0 Å². The molecule has 2 heterocycles. The first-order chi connectivity index (χ1) is 9.76. The minimum atomic E-state index is 0.0131. The van der Waals surface area contributed by atoms with Gasteiger partial charge in [-0.1, -0.05) is 31.6 Å². The number of nitrogens with one attached hydrogen (secondary N) is 1. The van der Waals surface area contributed by atoms with Gasteiger partial charge in [-0.05, 0) is 25.0 Å². The maximum atomic E-state index is 12.4. The summed E-state index contributed by atoms with van der Waals surface area (Å²) < 4.78 is 1.75. The van der Waals surface area contributed by atoms with Gasteiger partial charge in [0.25, 0.3) is 5.56 Å². The van der Waals surface area contributed by atoms with E-state index < -0.39 is 0 Å². The summed E-state index contributed by atoms with van der Waals surface area (Å²) in [5, 5.41) is 12.8. The van der Waals surface area contributed by atoms with Crippen molar-refractivity contribution in [2.45, 2.75) is 39.7 Å². The molecule has 0 radical (unpaired) electrons. The highest BCUT2D eigenvalue weighted by Crippen LogP contribution is 2.23. The Morgan fingerprint density at radius 1 is 1.30 bits per heavy atom. The lowest BCUT2D eigenvalue weighted by Gasteiger charge is -2.05. The van der Waals surface area contributed by atoms with Crippen LogP contribution >= 0.6 is 11.3 Å². The predicted octanol–water partition coefficient (Wildman–Crippen LogP) is 2.99. The van der Waals surface area contributed by atoms with E-state index in [0.717, 1.165) is 37.5 Å². The van der Waals surface area contributed by atoms with E-state index >= 15 is 0 Å². The second kappa shape index (κ2) is 7.19. The molecule has 0 fully saturated rings. The van der Waals surface area contributed by atoms with Crippen LogP contribution in [-0.2, 0) is 6.54 Å². The zero-order valence-corrected chi connectivity index (χ0v) is 12.7. The lowest BCUT2D eigenvalue weighted by Crippen LogP contribution is -2.20. The highest BCUT2D eigenvalue weighted by atomic mass is 32.1. The summed E-state index contributed by atoms with van der Waals surface area (Å²) in [5.74, 6) is 0. The quantitative estimate of drug-likeness (QED) is 0.852. The first kappa shape index (κ1) is 14.7. The van der Waals surface area contributed by atoms with Gasteiger partial charge in [0, 0.05) is 19.3 Å². The van der Waals surface area contributed by atoms with Gasteiger partial charge in [-0.25, -0.2) is 0 Å². The van der Waals surface area contributed by atoms with E-state index in [-0.39, 0.29) is 5.56 Å². The summed E-state index contributed by atoms with van der Waals surface area (Å²) >= 11 is 1.43. The zero-order valence-electron chi connectivity index (χ0n) is 11.9. The Labute approximate surface area is 122 Å². The fourth-order valence-electron chi connectivity index (χ4n) is 1.84. The van der Waals surface area contributed by atoms with E-state index in [9.17, 15) is 4.79 Å². The lowest BCUT2D eigenvalue weighted by atomic mass is 10.2. The zero-order chi connectivity index (χ0) is 14.4. The summed E-state index contributed by atoms with van der Waals surface area (Å²) in [5.41, 5.74) is 0.643. The van der Waals surface area contributed by atoms with Gasteiger partial charge in [-0.2, -0.15) is 0 Å². The van der Waals surface area contributed by atoms with E-state index in [2.05, 4.69) is 29.4 Å². The second-order valence-corrected chi connectivity index (χ2v) is 5.59. The van der Waals surface area contributed by atoms with Gasteiger partial charge < -0.3 is 9.88 Å². The monoisotopic (exact) mass is 292 g/mol. The highest BCUT2D eigenvalue weighted by Gasteiger charge is 2.11. The smallest absolute Gasteiger partial charge is 0.260 e. The van der Waals surface area contributed by atoms with E-state index in [4.69, 9.17) is 0 Å². The van der Waals surface area contributed by atoms with Gasteiger partial charge >= 0.3 is 0 Å². The van der Waals surface area contributed by atoms with E-state index in [0.29, 0.717) is 10.6 Å². The number of unbranched alkanes of at least 4 members (excludes halogenated alkanes) is 1. The molecule has 2 aromatic heterocycles. The van der Waals surface area contributed by atoms with Crippen LogP contribution in [0.3, 0.4) is 0 Å². The van der Waals surface area contributed by atoms with Gasteiger partial charge in [0.05, 0.1) is 5.56 Å². The van der Waals surface area contributed by atoms with Crippen molar-refractivity contribution in [3.05, 3.63) is 28.7 Å². The number of pyridine rings is 1. The molecule has 0 aliphatic carbocycles. The van der Waals surface area contributed by atoms with Gasteiger partial charge in [0.1, 0.15) is 0 Å². The summed E-state index contributed by atoms with van der Waals surface area (Å²) in [4.78, 5) is 12.4. The van der Waals surface area contributed by atoms with E-state index in [1.165, 1.54) is 11.3 Å². The second-order valence-electron chi connectivity index (χ2n) is 4.61. The molecule has 20 heavy (non-hydrogen) atoms. The Kier molecular flexibility index (Phi) is 5.29. The van der Waals surface area contributed by atoms with Crippen LogP contribution in [0.5, 0.6) is 0 Å². The molecular weight excluding hydrogens is 272 g/mol. The first-order valence-corrected chi connectivity index (χ1v) is 7.85. The van der Waals surface area contributed by atoms with Crippen LogP contribution < -0.4 is 10.9 Å². The molecule has 0 saturated carbocycles. The molecule has 2 rings (SSSR count). The fourth-order valence-corrected chi connectivity index (χ4v) is 2.63. The fraction of sp³-hybridized carbons (Fsp3) is 0.500. The number of hydrogen-bond donors (Lipinski definition) is 1. The van der Waals surface area contributed by atoms with Crippen molar-refractivity contribution in [3.63, 3.8) is 0 Å². The minimum absolute atomic E-state index is 0.0131. The van der Waals surface area contributed by atoms with Crippen LogP contribution in [0, 0.1) is 0 Å². The van der Waals surface area contributed by atoms with Gasteiger partial charge in [0.2, 0.25) is 5.13 Å². The van der Waals surface area contributed by atoms with Gasteiger partial charge in [-0.15, -0.1) is 10.2 Å². The van der Waals surface area contributed by atoms with Crippen molar-refractivity contribution in [3.8, 4) is 10.6 Å². The summed E-state index contributed by atoms with van der Waals surface area (Å²) in [7, 11) is 0. The standard InChI is InChI=1S/C14H20N4OS/c1-3-5-9-18-10-6-7-11(13(18)19)12-16-17-14(20-12)15-8-4-2/h6-7,10H,3-5,8-9H2,1-2H3,(H,15,17). The van der Waals surface area contributed by atoms with Crippen LogP contribution in [0.1, 0.15) is 33.1 Å². The Bertz CT molecular complexity index is 605. The Hall–Kier alpha value is -1.69. The molecule has 1 N–H and O–H groups in total. The molecule has 2 aromatic rings. The summed E-state index contributed by atoms with van der Waals surface area (Å²) in [6.45, 7) is 5.83. The van der Waals surface area contributed by atoms with Crippen molar-refractivity contribution in [2.75, 3.05) is 11.9 Å². The Morgan fingerprint density at radius 2 is 2.15 bits per heavy atom. The van der Waals surface area contributed by atoms with Crippen LogP contribution in [0.2, 0.25) is 0 Å². The average Bonchev–Trinajstić information content (AvgIpc) is 2.92. The molecule has 0 unspecified atom stereocenters. The molecule has 5 nitrogen and oxygen atoms in total. The minimum Gasteiger partial charge on any atom is -0.360 e. The van der Waals surface area contributed by atoms with Crippen LogP contribution in [-0.4, -0.2) is 21.3 Å². The van der Waals surface area contributed by atoms with E-state index in [1.54, 1.807) is 4.57 Å². The number of rotatable bonds is 7. The topological polar surface area (TPSA) is 59.8 Å². The summed E-state index contributed by atoms with van der Waals surface area (Å²) in [6.07, 6.45) is 4.94. The molecule has 0 saturated heterocycles. The molecule has 6 heteroatoms. The molecule has 0 aliphatic heterocycles. The predicted molar refractivity (Wildman–Crippen MR) is 83.3 cm³/mol. The number of nitrogens with zero attached hydrogens (tertiary/aromatic N) is 3. The van der Waals surface area contributed by atoms with Crippen LogP contribution in [0.15, 0.2) is 23.1 Å². The largest absolute Gasteiger partial charge is 0.360 e. The normalized spacial score (nSPS) is 10.7. The van der Waals surface area contributed by atoms with Crippen molar-refractivity contribution < 1.29 is 0 Å². The molecule has 0 aromatic carbocycles. The molecule has 108 valence electrons. The Balaban J connectivity index is 2.24. The molecule has 0 atom stereocenters.